The summed E-state index contributed by atoms with van der Waals surface area (Å²) < 4.78 is 7.71. The van der Waals surface area contributed by atoms with Crippen LogP contribution in [0.4, 0.5) is 5.82 Å². The molecular formula is C25H27N5O2S. The molecule has 170 valence electrons. The van der Waals surface area contributed by atoms with E-state index in [2.05, 4.69) is 34.1 Å². The van der Waals surface area contributed by atoms with Gasteiger partial charge in [0.1, 0.15) is 10.6 Å². The van der Waals surface area contributed by atoms with E-state index in [0.29, 0.717) is 11.4 Å². The summed E-state index contributed by atoms with van der Waals surface area (Å²) in [6.45, 7) is 8.23. The number of anilines is 1. The summed E-state index contributed by atoms with van der Waals surface area (Å²) in [5.74, 6) is 0.854. The maximum absolute atomic E-state index is 12.9. The minimum absolute atomic E-state index is 0.0879. The van der Waals surface area contributed by atoms with Crippen molar-refractivity contribution in [1.29, 1.82) is 0 Å². The third-order valence-corrected chi connectivity index (χ3v) is 6.88. The molecule has 3 aromatic heterocycles. The summed E-state index contributed by atoms with van der Waals surface area (Å²) in [5, 5.41) is 8.68. The minimum atomic E-state index is -0.0879. The van der Waals surface area contributed by atoms with E-state index in [1.54, 1.807) is 0 Å². The van der Waals surface area contributed by atoms with Gasteiger partial charge in [-0.1, -0.05) is 24.3 Å². The first-order chi connectivity index (χ1) is 16.0. The van der Waals surface area contributed by atoms with Gasteiger partial charge in [-0.2, -0.15) is 5.10 Å². The number of amides is 1. The van der Waals surface area contributed by atoms with Crippen LogP contribution in [0.2, 0.25) is 0 Å². The Morgan fingerprint density at radius 1 is 1.15 bits per heavy atom. The number of ether oxygens (including phenoxy) is 1. The molecule has 0 saturated carbocycles. The van der Waals surface area contributed by atoms with Crippen LogP contribution in [0.3, 0.4) is 0 Å². The summed E-state index contributed by atoms with van der Waals surface area (Å²) in [7, 11) is 0. The van der Waals surface area contributed by atoms with Crippen LogP contribution in [-0.4, -0.2) is 46.0 Å². The number of aromatic nitrogens is 3. The molecule has 1 aliphatic heterocycles. The van der Waals surface area contributed by atoms with E-state index in [1.807, 2.05) is 66.3 Å². The fourth-order valence-corrected chi connectivity index (χ4v) is 5.35. The second-order valence-corrected chi connectivity index (χ2v) is 9.56. The maximum atomic E-state index is 12.9. The second kappa shape index (κ2) is 8.96. The fourth-order valence-electron chi connectivity index (χ4n) is 4.25. The van der Waals surface area contributed by atoms with Crippen LogP contribution in [0.25, 0.3) is 15.9 Å². The number of para-hydroxylation sites is 1. The van der Waals surface area contributed by atoms with E-state index < -0.39 is 0 Å². The van der Waals surface area contributed by atoms with Crippen molar-refractivity contribution in [2.24, 2.45) is 0 Å². The first kappa shape index (κ1) is 21.6. The van der Waals surface area contributed by atoms with Crippen molar-refractivity contribution in [3.05, 3.63) is 70.9 Å². The van der Waals surface area contributed by atoms with Crippen LogP contribution >= 0.6 is 11.3 Å². The summed E-state index contributed by atoms with van der Waals surface area (Å²) in [6, 6.07) is 15.9. The molecule has 1 fully saturated rings. The van der Waals surface area contributed by atoms with Gasteiger partial charge in [0, 0.05) is 31.2 Å². The number of benzene rings is 1. The number of thiophene rings is 1. The van der Waals surface area contributed by atoms with E-state index in [1.165, 1.54) is 11.3 Å². The zero-order valence-electron chi connectivity index (χ0n) is 19.0. The number of hydrogen-bond donors (Lipinski definition) is 1. The predicted molar refractivity (Wildman–Crippen MR) is 131 cm³/mol. The zero-order valence-corrected chi connectivity index (χ0v) is 19.8. The third kappa shape index (κ3) is 4.49. The molecule has 1 N–H and O–H groups in total. The van der Waals surface area contributed by atoms with E-state index in [0.717, 1.165) is 46.1 Å². The molecule has 8 heteroatoms. The SMILES string of the molecule is Cc1nn(-c2ccccc2)c2sc(C(=O)NCc3ccc(N4CC(C)OC(C)C4)nc3)cc12. The van der Waals surface area contributed by atoms with E-state index >= 15 is 0 Å². The van der Waals surface area contributed by atoms with Gasteiger partial charge in [0.2, 0.25) is 0 Å². The molecule has 1 amide bonds. The monoisotopic (exact) mass is 461 g/mol. The lowest BCUT2D eigenvalue weighted by atomic mass is 10.2. The van der Waals surface area contributed by atoms with E-state index in [4.69, 9.17) is 4.74 Å². The topological polar surface area (TPSA) is 72.3 Å². The molecule has 7 nitrogen and oxygen atoms in total. The van der Waals surface area contributed by atoms with Gasteiger partial charge in [-0.15, -0.1) is 11.3 Å². The third-order valence-electron chi connectivity index (χ3n) is 5.77. The Balaban J connectivity index is 1.27. The number of carbonyl (C=O) groups excluding carboxylic acids is 1. The molecule has 0 radical (unpaired) electrons. The number of pyridine rings is 1. The second-order valence-electron chi connectivity index (χ2n) is 8.53. The quantitative estimate of drug-likeness (QED) is 0.479. The van der Waals surface area contributed by atoms with E-state index in [-0.39, 0.29) is 18.1 Å². The van der Waals surface area contributed by atoms with Crippen LogP contribution < -0.4 is 10.2 Å². The van der Waals surface area contributed by atoms with Crippen molar-refractivity contribution in [3.8, 4) is 5.69 Å². The lowest BCUT2D eigenvalue weighted by molar-refractivity contribution is -0.00546. The molecule has 1 saturated heterocycles. The molecule has 0 aliphatic carbocycles. The number of nitrogens with zero attached hydrogens (tertiary/aromatic N) is 4. The lowest BCUT2D eigenvalue weighted by Gasteiger charge is -2.36. The lowest BCUT2D eigenvalue weighted by Crippen LogP contribution is -2.45. The largest absolute Gasteiger partial charge is 0.372 e. The first-order valence-corrected chi connectivity index (χ1v) is 12.0. The van der Waals surface area contributed by atoms with Crippen LogP contribution in [0, 0.1) is 6.92 Å². The predicted octanol–water partition coefficient (Wildman–Crippen LogP) is 4.33. The standard InChI is InChI=1S/C25H27N5O2S/c1-16-14-29(15-17(2)32-16)23-10-9-19(12-26-23)13-27-24(31)22-11-21-18(3)28-30(25(21)33-22)20-7-5-4-6-8-20/h4-12,16-17H,13-15H2,1-3H3,(H,27,31). The number of carbonyl (C=O) groups is 1. The maximum Gasteiger partial charge on any atom is 0.261 e. The van der Waals surface area contributed by atoms with Crippen molar-refractivity contribution in [1.82, 2.24) is 20.1 Å². The molecule has 0 bridgehead atoms. The molecule has 4 heterocycles. The highest BCUT2D eigenvalue weighted by Gasteiger charge is 2.23. The Hall–Kier alpha value is -3.23. The van der Waals surface area contributed by atoms with Crippen molar-refractivity contribution in [2.75, 3.05) is 18.0 Å². The number of rotatable bonds is 5. The van der Waals surface area contributed by atoms with Gasteiger partial charge in [-0.05, 0) is 50.6 Å². The molecule has 33 heavy (non-hydrogen) atoms. The Morgan fingerprint density at radius 3 is 2.61 bits per heavy atom. The summed E-state index contributed by atoms with van der Waals surface area (Å²) in [5.41, 5.74) is 2.87. The van der Waals surface area contributed by atoms with Crippen molar-refractivity contribution < 1.29 is 9.53 Å². The van der Waals surface area contributed by atoms with Crippen molar-refractivity contribution in [2.45, 2.75) is 39.5 Å². The van der Waals surface area contributed by atoms with Crippen LogP contribution in [0.5, 0.6) is 0 Å². The summed E-state index contributed by atoms with van der Waals surface area (Å²) in [6.07, 6.45) is 2.21. The minimum Gasteiger partial charge on any atom is -0.372 e. The fraction of sp³-hybridized carbons (Fsp3) is 0.320. The highest BCUT2D eigenvalue weighted by Crippen LogP contribution is 2.30. The van der Waals surface area contributed by atoms with Crippen LogP contribution in [-0.2, 0) is 11.3 Å². The van der Waals surface area contributed by atoms with E-state index in [9.17, 15) is 4.79 Å². The molecule has 1 aromatic carbocycles. The molecule has 4 aromatic rings. The number of hydrogen-bond acceptors (Lipinski definition) is 6. The highest BCUT2D eigenvalue weighted by molar-refractivity contribution is 7.20. The Kier molecular flexibility index (Phi) is 5.86. The average Bonchev–Trinajstić information content (AvgIpc) is 3.38. The van der Waals surface area contributed by atoms with Gasteiger partial charge >= 0.3 is 0 Å². The Bertz CT molecular complexity index is 1260. The van der Waals surface area contributed by atoms with Crippen molar-refractivity contribution >= 4 is 33.3 Å². The summed E-state index contributed by atoms with van der Waals surface area (Å²) in [4.78, 5) is 21.4. The van der Waals surface area contributed by atoms with Gasteiger partial charge in [-0.25, -0.2) is 9.67 Å². The van der Waals surface area contributed by atoms with Gasteiger partial charge in [-0.3, -0.25) is 4.79 Å². The highest BCUT2D eigenvalue weighted by atomic mass is 32.1. The van der Waals surface area contributed by atoms with Gasteiger partial charge in [0.25, 0.3) is 5.91 Å². The molecule has 0 spiro atoms. The van der Waals surface area contributed by atoms with Crippen LogP contribution in [0.15, 0.2) is 54.7 Å². The normalized spacial score (nSPS) is 18.6. The smallest absolute Gasteiger partial charge is 0.261 e. The van der Waals surface area contributed by atoms with Gasteiger partial charge in [0.05, 0.1) is 28.5 Å². The molecule has 2 unspecified atom stereocenters. The molecule has 1 aliphatic rings. The Morgan fingerprint density at radius 2 is 1.91 bits per heavy atom. The average molecular weight is 462 g/mol. The van der Waals surface area contributed by atoms with Gasteiger partial charge < -0.3 is 15.0 Å². The number of morpholine rings is 1. The molecular weight excluding hydrogens is 434 g/mol. The van der Waals surface area contributed by atoms with Crippen LogP contribution in [0.1, 0.15) is 34.8 Å². The number of nitrogens with one attached hydrogen (secondary N) is 1. The number of aryl methyl sites for hydroxylation is 1. The zero-order chi connectivity index (χ0) is 22.9. The van der Waals surface area contributed by atoms with Gasteiger partial charge in [0.15, 0.2) is 0 Å². The molecule has 5 rings (SSSR count). The molecule has 2 atom stereocenters. The number of fused-ring (bicyclic) bond motifs is 1. The first-order valence-electron chi connectivity index (χ1n) is 11.2. The summed E-state index contributed by atoms with van der Waals surface area (Å²) >= 11 is 1.46. The Labute approximate surface area is 197 Å². The van der Waals surface area contributed by atoms with Crippen molar-refractivity contribution in [3.63, 3.8) is 0 Å².